The molecule has 0 radical (unpaired) electrons. The Hall–Kier alpha value is -1.31. The third-order valence-corrected chi connectivity index (χ3v) is 5.61. The zero-order valence-corrected chi connectivity index (χ0v) is 15.6. The van der Waals surface area contributed by atoms with Gasteiger partial charge in [0.2, 0.25) is 0 Å². The van der Waals surface area contributed by atoms with Gasteiger partial charge in [-0.05, 0) is 42.5 Å². The molecule has 0 amide bonds. The summed E-state index contributed by atoms with van der Waals surface area (Å²) in [6.45, 7) is 2.28. The number of rotatable bonds is 10. The summed E-state index contributed by atoms with van der Waals surface area (Å²) in [5.74, 6) is 2.91. The van der Waals surface area contributed by atoms with E-state index in [2.05, 4.69) is 6.92 Å². The van der Waals surface area contributed by atoms with Crippen LogP contribution in [0.15, 0.2) is 24.3 Å². The standard InChI is InChI=1S/C22H34O2/c1-3-4-5-7-18-10-12-19(13-11-18)8-6-9-22(23)20-14-16-21(24-2)17-15-20/h14-19H,3-13H2,1-2H3. The summed E-state index contributed by atoms with van der Waals surface area (Å²) in [5, 5.41) is 0. The zero-order valence-electron chi connectivity index (χ0n) is 15.6. The number of ketones is 1. The Balaban J connectivity index is 1.61. The van der Waals surface area contributed by atoms with E-state index in [0.29, 0.717) is 6.42 Å². The Morgan fingerprint density at radius 2 is 1.54 bits per heavy atom. The van der Waals surface area contributed by atoms with Crippen LogP contribution in [0.1, 0.15) is 87.9 Å². The summed E-state index contributed by atoms with van der Waals surface area (Å²) in [5.41, 5.74) is 0.815. The predicted molar refractivity (Wildman–Crippen MR) is 101 cm³/mol. The predicted octanol–water partition coefficient (Wildman–Crippen LogP) is 6.43. The van der Waals surface area contributed by atoms with Gasteiger partial charge in [0.25, 0.3) is 0 Å². The van der Waals surface area contributed by atoms with Crippen LogP contribution in [-0.4, -0.2) is 12.9 Å². The molecule has 2 nitrogen and oxygen atoms in total. The Morgan fingerprint density at radius 3 is 2.08 bits per heavy atom. The van der Waals surface area contributed by atoms with Crippen LogP contribution in [0.5, 0.6) is 5.75 Å². The van der Waals surface area contributed by atoms with Crippen LogP contribution in [0.3, 0.4) is 0 Å². The summed E-state index contributed by atoms with van der Waals surface area (Å²) >= 11 is 0. The largest absolute Gasteiger partial charge is 0.497 e. The van der Waals surface area contributed by atoms with Crippen LogP contribution >= 0.6 is 0 Å². The lowest BCUT2D eigenvalue weighted by Gasteiger charge is -2.28. The fourth-order valence-electron chi connectivity index (χ4n) is 3.96. The summed E-state index contributed by atoms with van der Waals surface area (Å²) in [4.78, 5) is 12.2. The molecule has 1 aromatic rings. The second-order valence-electron chi connectivity index (χ2n) is 7.43. The number of Topliss-reactive ketones (excluding diaryl/α,β-unsaturated/α-hetero) is 1. The molecule has 1 aliphatic carbocycles. The van der Waals surface area contributed by atoms with Crippen molar-refractivity contribution in [2.75, 3.05) is 7.11 Å². The first kappa shape index (κ1) is 19.0. The Bertz CT molecular complexity index is 469. The van der Waals surface area contributed by atoms with Gasteiger partial charge < -0.3 is 4.74 Å². The van der Waals surface area contributed by atoms with Crippen molar-refractivity contribution in [2.24, 2.45) is 11.8 Å². The molecule has 24 heavy (non-hydrogen) atoms. The maximum absolute atomic E-state index is 12.2. The van der Waals surface area contributed by atoms with Gasteiger partial charge in [0.15, 0.2) is 5.78 Å². The molecule has 0 unspecified atom stereocenters. The monoisotopic (exact) mass is 330 g/mol. The first-order chi connectivity index (χ1) is 11.7. The van der Waals surface area contributed by atoms with Crippen LogP contribution < -0.4 is 4.74 Å². The number of carbonyl (C=O) groups is 1. The van der Waals surface area contributed by atoms with Crippen LogP contribution in [0, 0.1) is 11.8 Å². The molecule has 1 fully saturated rings. The van der Waals surface area contributed by atoms with E-state index < -0.39 is 0 Å². The Labute approximate surface area is 148 Å². The van der Waals surface area contributed by atoms with Crippen LogP contribution in [0.4, 0.5) is 0 Å². The third-order valence-electron chi connectivity index (χ3n) is 5.61. The van der Waals surface area contributed by atoms with E-state index in [1.165, 1.54) is 57.8 Å². The second-order valence-corrected chi connectivity index (χ2v) is 7.43. The Kier molecular flexibility index (Phi) is 8.35. The van der Waals surface area contributed by atoms with E-state index in [-0.39, 0.29) is 5.78 Å². The molecule has 0 atom stereocenters. The van der Waals surface area contributed by atoms with Crippen LogP contribution in [-0.2, 0) is 0 Å². The number of hydrogen-bond acceptors (Lipinski definition) is 2. The van der Waals surface area contributed by atoms with Crippen molar-refractivity contribution in [2.45, 2.75) is 77.6 Å². The van der Waals surface area contributed by atoms with Crippen LogP contribution in [0.25, 0.3) is 0 Å². The number of unbranched alkanes of at least 4 members (excludes halogenated alkanes) is 2. The van der Waals surface area contributed by atoms with Gasteiger partial charge in [-0.15, -0.1) is 0 Å². The smallest absolute Gasteiger partial charge is 0.162 e. The van der Waals surface area contributed by atoms with Crippen molar-refractivity contribution in [1.29, 1.82) is 0 Å². The van der Waals surface area contributed by atoms with E-state index in [1.54, 1.807) is 7.11 Å². The van der Waals surface area contributed by atoms with Crippen molar-refractivity contribution >= 4 is 5.78 Å². The minimum Gasteiger partial charge on any atom is -0.497 e. The minimum atomic E-state index is 0.269. The normalized spacial score (nSPS) is 20.8. The summed E-state index contributed by atoms with van der Waals surface area (Å²) in [6.07, 6.45) is 14.1. The highest BCUT2D eigenvalue weighted by Crippen LogP contribution is 2.34. The van der Waals surface area contributed by atoms with Gasteiger partial charge >= 0.3 is 0 Å². The molecule has 0 aliphatic heterocycles. The fraction of sp³-hybridized carbons (Fsp3) is 0.682. The third kappa shape index (κ3) is 6.30. The highest BCUT2D eigenvalue weighted by atomic mass is 16.5. The molecule has 1 saturated carbocycles. The molecule has 0 heterocycles. The molecule has 0 spiro atoms. The van der Waals surface area contributed by atoms with E-state index in [9.17, 15) is 4.79 Å². The second kappa shape index (κ2) is 10.5. The number of ether oxygens (including phenoxy) is 1. The highest BCUT2D eigenvalue weighted by Gasteiger charge is 2.20. The van der Waals surface area contributed by atoms with Crippen molar-refractivity contribution in [1.82, 2.24) is 0 Å². The molecule has 1 aliphatic rings. The maximum Gasteiger partial charge on any atom is 0.162 e. The van der Waals surface area contributed by atoms with Gasteiger partial charge in [0.1, 0.15) is 5.75 Å². The molecule has 0 N–H and O–H groups in total. The van der Waals surface area contributed by atoms with Crippen molar-refractivity contribution in [3.8, 4) is 5.75 Å². The maximum atomic E-state index is 12.2. The number of benzene rings is 1. The zero-order chi connectivity index (χ0) is 17.2. The van der Waals surface area contributed by atoms with Crippen molar-refractivity contribution in [3.05, 3.63) is 29.8 Å². The quantitative estimate of drug-likeness (QED) is 0.365. The van der Waals surface area contributed by atoms with E-state index >= 15 is 0 Å². The molecular formula is C22H34O2. The lowest BCUT2D eigenvalue weighted by molar-refractivity contribution is 0.0976. The molecule has 2 rings (SSSR count). The first-order valence-electron chi connectivity index (χ1n) is 9.90. The topological polar surface area (TPSA) is 26.3 Å². The van der Waals surface area contributed by atoms with Gasteiger partial charge in [-0.2, -0.15) is 0 Å². The average molecular weight is 331 g/mol. The van der Waals surface area contributed by atoms with Gasteiger partial charge in [0, 0.05) is 12.0 Å². The molecule has 0 saturated heterocycles. The van der Waals surface area contributed by atoms with Crippen molar-refractivity contribution in [3.63, 3.8) is 0 Å². The average Bonchev–Trinajstić information content (AvgIpc) is 2.63. The van der Waals surface area contributed by atoms with Gasteiger partial charge in [0.05, 0.1) is 7.11 Å². The molecule has 0 aromatic heterocycles. The summed E-state index contributed by atoms with van der Waals surface area (Å²) in [7, 11) is 1.65. The Morgan fingerprint density at radius 1 is 0.958 bits per heavy atom. The summed E-state index contributed by atoms with van der Waals surface area (Å²) in [6, 6.07) is 7.49. The number of methoxy groups -OCH3 is 1. The first-order valence-corrected chi connectivity index (χ1v) is 9.90. The number of carbonyl (C=O) groups excluding carboxylic acids is 1. The molecular weight excluding hydrogens is 296 g/mol. The van der Waals surface area contributed by atoms with Gasteiger partial charge in [-0.3, -0.25) is 4.79 Å². The van der Waals surface area contributed by atoms with Gasteiger partial charge in [-0.25, -0.2) is 0 Å². The van der Waals surface area contributed by atoms with Crippen molar-refractivity contribution < 1.29 is 9.53 Å². The molecule has 2 heteroatoms. The van der Waals surface area contributed by atoms with E-state index in [0.717, 1.165) is 29.6 Å². The fourth-order valence-corrected chi connectivity index (χ4v) is 3.96. The number of hydrogen-bond donors (Lipinski definition) is 0. The highest BCUT2D eigenvalue weighted by molar-refractivity contribution is 5.96. The summed E-state index contributed by atoms with van der Waals surface area (Å²) < 4.78 is 5.14. The lowest BCUT2D eigenvalue weighted by Crippen LogP contribution is -2.15. The molecule has 1 aromatic carbocycles. The molecule has 0 bridgehead atoms. The molecule has 134 valence electrons. The van der Waals surface area contributed by atoms with E-state index in [1.807, 2.05) is 24.3 Å². The SMILES string of the molecule is CCCCCC1CCC(CCCC(=O)c2ccc(OC)cc2)CC1. The minimum absolute atomic E-state index is 0.269. The van der Waals surface area contributed by atoms with Crippen LogP contribution in [0.2, 0.25) is 0 Å². The van der Waals surface area contributed by atoms with E-state index in [4.69, 9.17) is 4.74 Å². The van der Waals surface area contributed by atoms with Gasteiger partial charge in [-0.1, -0.05) is 64.7 Å². The lowest BCUT2D eigenvalue weighted by atomic mass is 9.78.